The van der Waals surface area contributed by atoms with E-state index in [1.807, 2.05) is 30.3 Å². The fourth-order valence-electron chi connectivity index (χ4n) is 3.64. The van der Waals surface area contributed by atoms with E-state index < -0.39 is 11.9 Å². The summed E-state index contributed by atoms with van der Waals surface area (Å²) in [5, 5.41) is 11.5. The summed E-state index contributed by atoms with van der Waals surface area (Å²) < 4.78 is 5.08. The Hall–Kier alpha value is -4.39. The molecule has 33 heavy (non-hydrogen) atoms. The van der Waals surface area contributed by atoms with Crippen molar-refractivity contribution in [1.29, 1.82) is 0 Å². The molecule has 4 aromatic rings. The van der Waals surface area contributed by atoms with Gasteiger partial charge in [0.25, 0.3) is 0 Å². The summed E-state index contributed by atoms with van der Waals surface area (Å²) in [5.41, 5.74) is 9.59. The number of amides is 1. The standard InChI is InChI=1S/C26H23N3O4/c1-2-33-26(32)18-10-13-20-21(15-18)29-25(31)23(20)24(17-6-4-3-5-7-17)28-19-11-8-16(9-12-19)14-22(27)30/h3-13,15,29,31H,2,14H2,1H3,(H2,27,30). The van der Waals surface area contributed by atoms with E-state index in [1.54, 1.807) is 49.4 Å². The largest absolute Gasteiger partial charge is 0.494 e. The number of carbonyl (C=O) groups excluding carboxylic acids is 2. The van der Waals surface area contributed by atoms with E-state index in [1.165, 1.54) is 0 Å². The molecule has 7 heteroatoms. The molecule has 3 aromatic carbocycles. The van der Waals surface area contributed by atoms with Crippen LogP contribution in [0.15, 0.2) is 77.8 Å². The fraction of sp³-hybridized carbons (Fsp3) is 0.115. The summed E-state index contributed by atoms with van der Waals surface area (Å²) in [5.74, 6) is -0.885. The second kappa shape index (κ2) is 9.40. The number of primary amides is 1. The zero-order valence-electron chi connectivity index (χ0n) is 18.0. The van der Waals surface area contributed by atoms with E-state index in [4.69, 9.17) is 15.5 Å². The number of nitrogens with one attached hydrogen (secondary N) is 1. The zero-order valence-corrected chi connectivity index (χ0v) is 18.0. The van der Waals surface area contributed by atoms with Crippen molar-refractivity contribution in [2.24, 2.45) is 10.7 Å². The van der Waals surface area contributed by atoms with Crippen molar-refractivity contribution < 1.29 is 19.4 Å². The molecular formula is C26H23N3O4. The van der Waals surface area contributed by atoms with Gasteiger partial charge in [-0.3, -0.25) is 4.79 Å². The Morgan fingerprint density at radius 2 is 1.73 bits per heavy atom. The summed E-state index contributed by atoms with van der Waals surface area (Å²) in [6.07, 6.45) is 0.154. The minimum absolute atomic E-state index is 0.0565. The number of aromatic hydroxyl groups is 1. The fourth-order valence-corrected chi connectivity index (χ4v) is 3.64. The molecule has 0 saturated heterocycles. The molecule has 0 aliphatic rings. The summed E-state index contributed by atoms with van der Waals surface area (Å²) in [7, 11) is 0. The lowest BCUT2D eigenvalue weighted by Crippen LogP contribution is -2.13. The zero-order chi connectivity index (χ0) is 23.4. The number of hydrogen-bond acceptors (Lipinski definition) is 5. The number of nitrogens with zero attached hydrogens (tertiary/aromatic N) is 1. The maximum absolute atomic E-state index is 12.1. The molecule has 1 heterocycles. The molecule has 7 nitrogen and oxygen atoms in total. The van der Waals surface area contributed by atoms with Gasteiger partial charge in [-0.1, -0.05) is 48.5 Å². The predicted octanol–water partition coefficient (Wildman–Crippen LogP) is 4.25. The monoisotopic (exact) mass is 441 g/mol. The average Bonchev–Trinajstić information content (AvgIpc) is 3.13. The van der Waals surface area contributed by atoms with E-state index in [0.29, 0.717) is 33.4 Å². The number of aromatic nitrogens is 1. The van der Waals surface area contributed by atoms with Crippen molar-refractivity contribution in [3.8, 4) is 5.88 Å². The Morgan fingerprint density at radius 3 is 2.39 bits per heavy atom. The lowest BCUT2D eigenvalue weighted by atomic mass is 10.00. The molecule has 4 rings (SSSR count). The Labute approximate surface area is 190 Å². The van der Waals surface area contributed by atoms with Gasteiger partial charge >= 0.3 is 5.97 Å². The van der Waals surface area contributed by atoms with E-state index >= 15 is 0 Å². The highest BCUT2D eigenvalue weighted by molar-refractivity contribution is 6.22. The highest BCUT2D eigenvalue weighted by Gasteiger charge is 2.20. The number of carbonyl (C=O) groups is 2. The molecule has 166 valence electrons. The molecule has 0 aliphatic carbocycles. The lowest BCUT2D eigenvalue weighted by molar-refractivity contribution is -0.117. The molecule has 0 bridgehead atoms. The molecule has 0 unspecified atom stereocenters. The van der Waals surface area contributed by atoms with Crippen molar-refractivity contribution in [2.75, 3.05) is 6.61 Å². The summed E-state index contributed by atoms with van der Waals surface area (Å²) in [6, 6.07) is 21.8. The quantitative estimate of drug-likeness (QED) is 0.293. The molecule has 0 spiro atoms. The third-order valence-corrected chi connectivity index (χ3v) is 5.13. The highest BCUT2D eigenvalue weighted by atomic mass is 16.5. The summed E-state index contributed by atoms with van der Waals surface area (Å²) >= 11 is 0. The SMILES string of the molecule is CCOC(=O)c1ccc2c(C(=Nc3ccc(CC(N)=O)cc3)c3ccccc3)c(O)[nH]c2c1. The van der Waals surface area contributed by atoms with Gasteiger partial charge in [0.15, 0.2) is 5.88 Å². The average molecular weight is 441 g/mol. The van der Waals surface area contributed by atoms with Crippen LogP contribution in [0.3, 0.4) is 0 Å². The van der Waals surface area contributed by atoms with Crippen LogP contribution in [0.4, 0.5) is 5.69 Å². The highest BCUT2D eigenvalue weighted by Crippen LogP contribution is 2.32. The van der Waals surface area contributed by atoms with Gasteiger partial charge in [-0.2, -0.15) is 0 Å². The van der Waals surface area contributed by atoms with Crippen LogP contribution < -0.4 is 5.73 Å². The van der Waals surface area contributed by atoms with E-state index in [-0.39, 0.29) is 18.9 Å². The second-order valence-corrected chi connectivity index (χ2v) is 7.47. The van der Waals surface area contributed by atoms with Crippen molar-refractivity contribution in [1.82, 2.24) is 4.98 Å². The van der Waals surface area contributed by atoms with Gasteiger partial charge in [-0.15, -0.1) is 0 Å². The van der Waals surface area contributed by atoms with Crippen LogP contribution in [-0.4, -0.2) is 34.3 Å². The minimum atomic E-state index is -0.428. The number of nitrogens with two attached hydrogens (primary N) is 1. The normalized spacial score (nSPS) is 11.5. The van der Waals surface area contributed by atoms with Gasteiger partial charge in [-0.05, 0) is 36.8 Å². The molecular weight excluding hydrogens is 418 g/mol. The molecule has 1 amide bonds. The molecule has 1 aromatic heterocycles. The van der Waals surface area contributed by atoms with Crippen LogP contribution in [-0.2, 0) is 16.0 Å². The first-order valence-corrected chi connectivity index (χ1v) is 10.5. The van der Waals surface area contributed by atoms with Gasteiger partial charge in [0.1, 0.15) is 0 Å². The van der Waals surface area contributed by atoms with Crippen molar-refractivity contribution in [2.45, 2.75) is 13.3 Å². The number of esters is 1. The van der Waals surface area contributed by atoms with Crippen LogP contribution >= 0.6 is 0 Å². The third kappa shape index (κ3) is 4.77. The Balaban J connectivity index is 1.83. The number of benzene rings is 3. The Morgan fingerprint density at radius 1 is 1.00 bits per heavy atom. The minimum Gasteiger partial charge on any atom is -0.494 e. The maximum atomic E-state index is 12.1. The summed E-state index contributed by atoms with van der Waals surface area (Å²) in [6.45, 7) is 2.03. The molecule has 4 N–H and O–H groups in total. The number of aliphatic imine (C=N–C) groups is 1. The van der Waals surface area contributed by atoms with E-state index in [9.17, 15) is 14.7 Å². The lowest BCUT2D eigenvalue weighted by Gasteiger charge is -2.08. The van der Waals surface area contributed by atoms with Gasteiger partial charge in [-0.25, -0.2) is 9.79 Å². The van der Waals surface area contributed by atoms with E-state index in [0.717, 1.165) is 11.1 Å². The van der Waals surface area contributed by atoms with Crippen LogP contribution in [0, 0.1) is 0 Å². The Kier molecular flexibility index (Phi) is 6.22. The van der Waals surface area contributed by atoms with Gasteiger partial charge in [0.05, 0.1) is 35.6 Å². The van der Waals surface area contributed by atoms with Crippen molar-refractivity contribution in [3.05, 3.63) is 95.1 Å². The van der Waals surface area contributed by atoms with Crippen molar-refractivity contribution >= 4 is 34.2 Å². The number of hydrogen-bond donors (Lipinski definition) is 3. The number of rotatable bonds is 7. The first kappa shape index (κ1) is 21.8. The van der Waals surface area contributed by atoms with Crippen LogP contribution in [0.2, 0.25) is 0 Å². The molecule has 0 saturated carbocycles. The number of H-pyrrole nitrogens is 1. The molecule has 0 aliphatic heterocycles. The topological polar surface area (TPSA) is 118 Å². The molecule has 0 atom stereocenters. The van der Waals surface area contributed by atoms with Gasteiger partial charge in [0, 0.05) is 16.5 Å². The molecule has 0 fully saturated rings. The predicted molar refractivity (Wildman–Crippen MR) is 127 cm³/mol. The van der Waals surface area contributed by atoms with E-state index in [2.05, 4.69) is 4.98 Å². The number of fused-ring (bicyclic) bond motifs is 1. The van der Waals surface area contributed by atoms with Gasteiger partial charge < -0.3 is 20.6 Å². The first-order chi connectivity index (χ1) is 16.0. The maximum Gasteiger partial charge on any atom is 0.338 e. The smallest absolute Gasteiger partial charge is 0.338 e. The van der Waals surface area contributed by atoms with Crippen molar-refractivity contribution in [3.63, 3.8) is 0 Å². The van der Waals surface area contributed by atoms with Crippen LogP contribution in [0.25, 0.3) is 10.9 Å². The second-order valence-electron chi connectivity index (χ2n) is 7.47. The first-order valence-electron chi connectivity index (χ1n) is 10.5. The van der Waals surface area contributed by atoms with Crippen LogP contribution in [0.5, 0.6) is 5.88 Å². The number of ether oxygens (including phenoxy) is 1. The number of aromatic amines is 1. The van der Waals surface area contributed by atoms with Gasteiger partial charge in [0.2, 0.25) is 5.91 Å². The van der Waals surface area contributed by atoms with Crippen LogP contribution in [0.1, 0.15) is 34.0 Å². The summed E-state index contributed by atoms with van der Waals surface area (Å²) in [4.78, 5) is 31.1. The Bertz CT molecular complexity index is 1340. The third-order valence-electron chi connectivity index (χ3n) is 5.13. The molecule has 0 radical (unpaired) electrons.